The summed E-state index contributed by atoms with van der Waals surface area (Å²) in [5.74, 6) is 4.92. The van der Waals surface area contributed by atoms with Crippen LogP contribution in [0.1, 0.15) is 33.3 Å². The van der Waals surface area contributed by atoms with Crippen LogP contribution < -0.4 is 27.6 Å². The molecule has 3 rings (SSSR count). The number of aromatic nitrogens is 1. The molecule has 1 aromatic carbocycles. The van der Waals surface area contributed by atoms with E-state index in [2.05, 4.69) is 0 Å². The Morgan fingerprint density at radius 2 is 1.79 bits per heavy atom. The van der Waals surface area contributed by atoms with Crippen molar-refractivity contribution < 1.29 is 13.7 Å². The third-order valence-corrected chi connectivity index (χ3v) is 5.42. The number of benzene rings is 1. The number of pyridine rings is 1. The van der Waals surface area contributed by atoms with Gasteiger partial charge in [-0.3, -0.25) is 4.79 Å². The van der Waals surface area contributed by atoms with Crippen LogP contribution in [0.4, 0.5) is 15.8 Å². The minimum absolute atomic E-state index is 0.157. The molecular formula is C19H26BFN4O3. The minimum atomic E-state index is -0.862. The number of nitrogens with zero attached hydrogens (tertiary/aromatic N) is 2. The van der Waals surface area contributed by atoms with Crippen molar-refractivity contribution in [3.05, 3.63) is 52.2 Å². The van der Waals surface area contributed by atoms with E-state index in [1.54, 1.807) is 31.4 Å². The largest absolute Gasteiger partial charge is 0.496 e. The zero-order chi connectivity index (χ0) is 20.9. The molecule has 9 heteroatoms. The molecule has 1 aliphatic heterocycles. The lowest BCUT2D eigenvalue weighted by Gasteiger charge is -2.32. The molecule has 1 aliphatic rings. The molecule has 7 nitrogen and oxygen atoms in total. The van der Waals surface area contributed by atoms with E-state index < -0.39 is 29.7 Å². The Labute approximate surface area is 164 Å². The maximum atomic E-state index is 14.4. The first-order chi connectivity index (χ1) is 12.9. The first-order valence-corrected chi connectivity index (χ1v) is 9.03. The fourth-order valence-electron chi connectivity index (χ4n) is 3.04. The monoisotopic (exact) mass is 388 g/mol. The van der Waals surface area contributed by atoms with Gasteiger partial charge < -0.3 is 24.6 Å². The van der Waals surface area contributed by atoms with Gasteiger partial charge in [0.1, 0.15) is 0 Å². The SMILES string of the molecule is CN(N)c1cc(Cn2cc(B3OC(C)(C)C(C)(C)O3)cc(F)c2=O)ccc1N. The van der Waals surface area contributed by atoms with Gasteiger partial charge in [0.25, 0.3) is 5.56 Å². The fraction of sp³-hybridized carbons (Fsp3) is 0.421. The number of hydrogen-bond donors (Lipinski definition) is 2. The highest BCUT2D eigenvalue weighted by molar-refractivity contribution is 6.62. The van der Waals surface area contributed by atoms with Crippen molar-refractivity contribution in [2.75, 3.05) is 17.8 Å². The smallest absolute Gasteiger partial charge is 0.399 e. The van der Waals surface area contributed by atoms with Crippen molar-refractivity contribution >= 4 is 24.0 Å². The molecule has 0 atom stereocenters. The number of rotatable bonds is 4. The number of halogens is 1. The second-order valence-corrected chi connectivity index (χ2v) is 8.15. The molecule has 1 fully saturated rings. The van der Waals surface area contributed by atoms with Crippen LogP contribution in [-0.4, -0.2) is 29.9 Å². The van der Waals surface area contributed by atoms with Gasteiger partial charge in [0, 0.05) is 18.7 Å². The maximum Gasteiger partial charge on any atom is 0.496 e. The van der Waals surface area contributed by atoms with E-state index in [4.69, 9.17) is 20.9 Å². The maximum absolute atomic E-state index is 14.4. The van der Waals surface area contributed by atoms with Crippen LogP contribution in [0.2, 0.25) is 0 Å². The quantitative estimate of drug-likeness (QED) is 0.354. The minimum Gasteiger partial charge on any atom is -0.399 e. The molecule has 1 saturated heterocycles. The van der Waals surface area contributed by atoms with Gasteiger partial charge in [-0.15, -0.1) is 0 Å². The third-order valence-electron chi connectivity index (χ3n) is 5.42. The van der Waals surface area contributed by atoms with E-state index in [1.165, 1.54) is 15.6 Å². The van der Waals surface area contributed by atoms with Crippen LogP contribution in [0.15, 0.2) is 35.3 Å². The highest BCUT2D eigenvalue weighted by Crippen LogP contribution is 2.36. The summed E-state index contributed by atoms with van der Waals surface area (Å²) in [6.07, 6.45) is 1.57. The summed E-state index contributed by atoms with van der Waals surface area (Å²) in [4.78, 5) is 12.3. The molecule has 28 heavy (non-hydrogen) atoms. The Bertz CT molecular complexity index is 943. The Hall–Kier alpha value is -2.36. The summed E-state index contributed by atoms with van der Waals surface area (Å²) in [5.41, 5.74) is 6.40. The molecule has 2 heterocycles. The lowest BCUT2D eigenvalue weighted by molar-refractivity contribution is 0.00578. The number of hydrogen-bond acceptors (Lipinski definition) is 6. The summed E-state index contributed by atoms with van der Waals surface area (Å²) in [5, 5.41) is 1.39. The van der Waals surface area contributed by atoms with Gasteiger partial charge in [-0.05, 0) is 51.5 Å². The van der Waals surface area contributed by atoms with Gasteiger partial charge in [0.05, 0.1) is 29.1 Å². The second-order valence-electron chi connectivity index (χ2n) is 8.15. The summed E-state index contributed by atoms with van der Waals surface area (Å²) in [6.45, 7) is 7.82. The van der Waals surface area contributed by atoms with Gasteiger partial charge in [0.2, 0.25) is 0 Å². The predicted octanol–water partition coefficient (Wildman–Crippen LogP) is 1.23. The van der Waals surface area contributed by atoms with E-state index in [0.717, 1.165) is 5.56 Å². The average molecular weight is 388 g/mol. The molecule has 0 saturated carbocycles. The molecule has 4 N–H and O–H groups in total. The van der Waals surface area contributed by atoms with Gasteiger partial charge in [-0.1, -0.05) is 6.07 Å². The summed E-state index contributed by atoms with van der Waals surface area (Å²) < 4.78 is 27.6. The van der Waals surface area contributed by atoms with Crippen LogP contribution in [0.25, 0.3) is 0 Å². The number of anilines is 2. The first kappa shape index (κ1) is 20.4. The molecule has 150 valence electrons. The van der Waals surface area contributed by atoms with Crippen molar-refractivity contribution in [1.29, 1.82) is 0 Å². The standard InChI is InChI=1S/C19H26BFN4O3/c1-18(2)19(3,4)28-20(27-18)13-9-14(21)17(26)25(11-13)10-12-6-7-15(22)16(8-12)24(5)23/h6-9,11H,10,22-23H2,1-5H3. The zero-order valence-corrected chi connectivity index (χ0v) is 16.8. The Kier molecular flexibility index (Phi) is 5.03. The Morgan fingerprint density at radius 1 is 1.18 bits per heavy atom. The van der Waals surface area contributed by atoms with E-state index in [9.17, 15) is 9.18 Å². The van der Waals surface area contributed by atoms with Gasteiger partial charge in [-0.25, -0.2) is 10.2 Å². The highest BCUT2D eigenvalue weighted by atomic mass is 19.1. The van der Waals surface area contributed by atoms with Crippen LogP contribution in [0, 0.1) is 5.82 Å². The molecule has 0 bridgehead atoms. The molecule has 0 unspecified atom stereocenters. The second kappa shape index (κ2) is 6.91. The molecule has 1 aromatic heterocycles. The van der Waals surface area contributed by atoms with Gasteiger partial charge in [-0.2, -0.15) is 0 Å². The number of nitrogen functional groups attached to an aromatic ring is 1. The molecule has 0 spiro atoms. The van der Waals surface area contributed by atoms with E-state index in [0.29, 0.717) is 16.8 Å². The van der Waals surface area contributed by atoms with Crippen LogP contribution in [-0.2, 0) is 15.9 Å². The summed E-state index contributed by atoms with van der Waals surface area (Å²) in [7, 11) is 0.906. The number of hydrazine groups is 1. The van der Waals surface area contributed by atoms with Crippen molar-refractivity contribution in [3.8, 4) is 0 Å². The van der Waals surface area contributed by atoms with Crippen molar-refractivity contribution in [2.24, 2.45) is 5.84 Å². The van der Waals surface area contributed by atoms with Crippen molar-refractivity contribution in [1.82, 2.24) is 4.57 Å². The lowest BCUT2D eigenvalue weighted by atomic mass is 9.80. The summed E-state index contributed by atoms with van der Waals surface area (Å²) >= 11 is 0. The topological polar surface area (TPSA) is 95.7 Å². The van der Waals surface area contributed by atoms with Crippen LogP contribution in [0.3, 0.4) is 0 Å². The van der Waals surface area contributed by atoms with Gasteiger partial charge >= 0.3 is 7.12 Å². The Morgan fingerprint density at radius 3 is 2.36 bits per heavy atom. The normalized spacial score (nSPS) is 17.8. The first-order valence-electron chi connectivity index (χ1n) is 9.03. The van der Waals surface area contributed by atoms with Gasteiger partial charge in [0.15, 0.2) is 5.82 Å². The average Bonchev–Trinajstić information content (AvgIpc) is 2.81. The molecule has 0 radical (unpaired) electrons. The van der Waals surface area contributed by atoms with Crippen molar-refractivity contribution in [2.45, 2.75) is 45.4 Å². The molecule has 0 amide bonds. The third kappa shape index (κ3) is 3.65. The molecular weight excluding hydrogens is 362 g/mol. The van der Waals surface area contributed by atoms with E-state index >= 15 is 0 Å². The van der Waals surface area contributed by atoms with Crippen LogP contribution in [0.5, 0.6) is 0 Å². The zero-order valence-electron chi connectivity index (χ0n) is 16.8. The molecule has 2 aromatic rings. The highest BCUT2D eigenvalue weighted by Gasteiger charge is 2.52. The fourth-order valence-corrected chi connectivity index (χ4v) is 3.04. The Balaban J connectivity index is 1.96. The van der Waals surface area contributed by atoms with E-state index in [-0.39, 0.29) is 6.54 Å². The predicted molar refractivity (Wildman–Crippen MR) is 109 cm³/mol. The lowest BCUT2D eigenvalue weighted by Crippen LogP contribution is -2.41. The van der Waals surface area contributed by atoms with E-state index in [1.807, 2.05) is 27.7 Å². The van der Waals surface area contributed by atoms with Crippen LogP contribution >= 0.6 is 0 Å². The number of nitrogens with two attached hydrogens (primary N) is 2. The molecule has 0 aliphatic carbocycles. The summed E-state index contributed by atoms with van der Waals surface area (Å²) in [6, 6.07) is 6.41. The van der Waals surface area contributed by atoms with Crippen molar-refractivity contribution in [3.63, 3.8) is 0 Å².